The van der Waals surface area contributed by atoms with Crippen LogP contribution in [-0.2, 0) is 4.79 Å². The van der Waals surface area contributed by atoms with E-state index in [0.29, 0.717) is 5.69 Å². The number of carbonyl (C=O) groups excluding carboxylic acids is 1. The van der Waals surface area contributed by atoms with Crippen LogP contribution in [0.4, 0.5) is 11.4 Å². The van der Waals surface area contributed by atoms with Crippen molar-refractivity contribution in [2.24, 2.45) is 11.7 Å². The van der Waals surface area contributed by atoms with Gasteiger partial charge in [0, 0.05) is 11.4 Å². The maximum atomic E-state index is 11.2. The molecule has 82 valence electrons. The number of amides is 1. The van der Waals surface area contributed by atoms with Crippen molar-refractivity contribution in [3.8, 4) is 0 Å². The van der Waals surface area contributed by atoms with Crippen molar-refractivity contribution in [2.75, 3.05) is 11.1 Å². The van der Waals surface area contributed by atoms with E-state index in [2.05, 4.69) is 5.32 Å². The molecule has 0 aliphatic rings. The Morgan fingerprint density at radius 2 is 2.07 bits per heavy atom. The predicted octanol–water partition coefficient (Wildman–Crippen LogP) is 1.19. The number of primary amides is 1. The summed E-state index contributed by atoms with van der Waals surface area (Å²) in [6.07, 6.45) is 0. The maximum absolute atomic E-state index is 11.2. The third kappa shape index (κ3) is 3.16. The molecular formula is C11H17N3O. The number of nitrogens with one attached hydrogen (secondary N) is 1. The van der Waals surface area contributed by atoms with Crippen molar-refractivity contribution in [1.29, 1.82) is 0 Å². The van der Waals surface area contributed by atoms with Gasteiger partial charge in [-0.2, -0.15) is 0 Å². The minimum Gasteiger partial charge on any atom is -0.399 e. The molecule has 0 fully saturated rings. The van der Waals surface area contributed by atoms with Crippen LogP contribution in [0.3, 0.4) is 0 Å². The van der Waals surface area contributed by atoms with Crippen molar-refractivity contribution < 1.29 is 4.79 Å². The van der Waals surface area contributed by atoms with Gasteiger partial charge in [-0.25, -0.2) is 0 Å². The van der Waals surface area contributed by atoms with Crippen molar-refractivity contribution in [3.63, 3.8) is 0 Å². The molecule has 1 aromatic carbocycles. The summed E-state index contributed by atoms with van der Waals surface area (Å²) in [6.45, 7) is 3.88. The zero-order chi connectivity index (χ0) is 11.4. The van der Waals surface area contributed by atoms with Gasteiger partial charge >= 0.3 is 0 Å². The van der Waals surface area contributed by atoms with Crippen LogP contribution in [0.25, 0.3) is 0 Å². The first-order valence-corrected chi connectivity index (χ1v) is 4.92. The van der Waals surface area contributed by atoms with Crippen molar-refractivity contribution in [2.45, 2.75) is 19.9 Å². The fourth-order valence-corrected chi connectivity index (χ4v) is 1.37. The molecule has 0 aromatic heterocycles. The van der Waals surface area contributed by atoms with Crippen LogP contribution in [0.5, 0.6) is 0 Å². The van der Waals surface area contributed by atoms with Gasteiger partial charge < -0.3 is 16.8 Å². The lowest BCUT2D eigenvalue weighted by molar-refractivity contribution is -0.119. The molecule has 15 heavy (non-hydrogen) atoms. The summed E-state index contributed by atoms with van der Waals surface area (Å²) < 4.78 is 0. The first-order valence-electron chi connectivity index (χ1n) is 4.92. The van der Waals surface area contributed by atoms with Crippen molar-refractivity contribution >= 4 is 17.3 Å². The molecule has 1 unspecified atom stereocenters. The fourth-order valence-electron chi connectivity index (χ4n) is 1.37. The van der Waals surface area contributed by atoms with E-state index in [1.165, 1.54) is 0 Å². The highest BCUT2D eigenvalue weighted by Crippen LogP contribution is 2.15. The van der Waals surface area contributed by atoms with Crippen LogP contribution in [0, 0.1) is 5.92 Å². The molecule has 0 heterocycles. The fraction of sp³-hybridized carbons (Fsp3) is 0.364. The van der Waals surface area contributed by atoms with Gasteiger partial charge in [0.1, 0.15) is 6.04 Å². The number of carbonyl (C=O) groups is 1. The molecule has 0 bridgehead atoms. The van der Waals surface area contributed by atoms with E-state index < -0.39 is 0 Å². The number of hydrogen-bond donors (Lipinski definition) is 3. The van der Waals surface area contributed by atoms with Gasteiger partial charge in [0.2, 0.25) is 5.91 Å². The third-order valence-corrected chi connectivity index (χ3v) is 2.18. The smallest absolute Gasteiger partial charge is 0.240 e. The SMILES string of the molecule is CC(C)C(Nc1cccc(N)c1)C(N)=O. The Labute approximate surface area is 89.6 Å². The van der Waals surface area contributed by atoms with Crippen molar-refractivity contribution in [3.05, 3.63) is 24.3 Å². The van der Waals surface area contributed by atoms with Crippen LogP contribution in [0.1, 0.15) is 13.8 Å². The normalized spacial score (nSPS) is 12.5. The molecule has 4 heteroatoms. The summed E-state index contributed by atoms with van der Waals surface area (Å²) in [5.41, 5.74) is 12.4. The predicted molar refractivity (Wildman–Crippen MR) is 62.3 cm³/mol. The van der Waals surface area contributed by atoms with E-state index in [1.807, 2.05) is 26.0 Å². The molecule has 0 aliphatic heterocycles. The number of benzene rings is 1. The van der Waals surface area contributed by atoms with Gasteiger partial charge in [-0.3, -0.25) is 4.79 Å². The highest BCUT2D eigenvalue weighted by molar-refractivity contribution is 5.83. The molecular weight excluding hydrogens is 190 g/mol. The van der Waals surface area contributed by atoms with Crippen LogP contribution in [0.15, 0.2) is 24.3 Å². The lowest BCUT2D eigenvalue weighted by Crippen LogP contribution is -2.39. The molecule has 1 aromatic rings. The highest BCUT2D eigenvalue weighted by Gasteiger charge is 2.18. The number of hydrogen-bond acceptors (Lipinski definition) is 3. The minimum absolute atomic E-state index is 0.143. The summed E-state index contributed by atoms with van der Waals surface area (Å²) in [4.78, 5) is 11.2. The number of anilines is 2. The number of rotatable bonds is 4. The molecule has 0 saturated heterocycles. The largest absolute Gasteiger partial charge is 0.399 e. The van der Waals surface area contributed by atoms with Crippen LogP contribution >= 0.6 is 0 Å². The quantitative estimate of drug-likeness (QED) is 0.649. The van der Waals surface area contributed by atoms with Crippen LogP contribution < -0.4 is 16.8 Å². The average molecular weight is 207 g/mol. The monoisotopic (exact) mass is 207 g/mol. The van der Waals surface area contributed by atoms with E-state index in [-0.39, 0.29) is 17.9 Å². The zero-order valence-corrected chi connectivity index (χ0v) is 9.03. The Hall–Kier alpha value is -1.71. The summed E-state index contributed by atoms with van der Waals surface area (Å²) in [7, 11) is 0. The molecule has 4 nitrogen and oxygen atoms in total. The summed E-state index contributed by atoms with van der Waals surface area (Å²) in [5.74, 6) is -0.212. The Morgan fingerprint density at radius 1 is 1.40 bits per heavy atom. The molecule has 0 aliphatic carbocycles. The Kier molecular flexibility index (Phi) is 3.55. The van der Waals surface area contributed by atoms with Gasteiger partial charge in [-0.05, 0) is 24.1 Å². The molecule has 1 rings (SSSR count). The molecule has 5 N–H and O–H groups in total. The molecule has 1 atom stereocenters. The van der Waals surface area contributed by atoms with Crippen LogP contribution in [-0.4, -0.2) is 11.9 Å². The number of nitrogen functional groups attached to an aromatic ring is 1. The van der Waals surface area contributed by atoms with Gasteiger partial charge in [0.15, 0.2) is 0 Å². The maximum Gasteiger partial charge on any atom is 0.240 e. The molecule has 1 amide bonds. The lowest BCUT2D eigenvalue weighted by Gasteiger charge is -2.20. The minimum atomic E-state index is -0.369. The van der Waals surface area contributed by atoms with E-state index in [0.717, 1.165) is 5.69 Å². The summed E-state index contributed by atoms with van der Waals surface area (Å²) in [6, 6.07) is 6.88. The lowest BCUT2D eigenvalue weighted by atomic mass is 10.0. The zero-order valence-electron chi connectivity index (χ0n) is 9.03. The van der Waals surface area contributed by atoms with Gasteiger partial charge in [0.05, 0.1) is 0 Å². The Bertz CT molecular complexity index is 349. The molecule has 0 radical (unpaired) electrons. The topological polar surface area (TPSA) is 81.1 Å². The second kappa shape index (κ2) is 4.68. The van der Waals surface area contributed by atoms with Gasteiger partial charge in [-0.15, -0.1) is 0 Å². The number of nitrogens with two attached hydrogens (primary N) is 2. The van der Waals surface area contributed by atoms with Gasteiger partial charge in [0.25, 0.3) is 0 Å². The van der Waals surface area contributed by atoms with Crippen LogP contribution in [0.2, 0.25) is 0 Å². The molecule has 0 saturated carbocycles. The molecule has 0 spiro atoms. The summed E-state index contributed by atoms with van der Waals surface area (Å²) in [5, 5.41) is 3.06. The van der Waals surface area contributed by atoms with Gasteiger partial charge in [-0.1, -0.05) is 19.9 Å². The third-order valence-electron chi connectivity index (χ3n) is 2.18. The van der Waals surface area contributed by atoms with E-state index >= 15 is 0 Å². The summed E-state index contributed by atoms with van der Waals surface area (Å²) >= 11 is 0. The second-order valence-electron chi connectivity index (χ2n) is 3.89. The Morgan fingerprint density at radius 3 is 2.53 bits per heavy atom. The highest BCUT2D eigenvalue weighted by atomic mass is 16.1. The standard InChI is InChI=1S/C11H17N3O/c1-7(2)10(11(13)15)14-9-5-3-4-8(12)6-9/h3-7,10,14H,12H2,1-2H3,(H2,13,15). The van der Waals surface area contributed by atoms with E-state index in [1.54, 1.807) is 12.1 Å². The average Bonchev–Trinajstić information content (AvgIpc) is 2.13. The Balaban J connectivity index is 2.79. The first kappa shape index (κ1) is 11.4. The van der Waals surface area contributed by atoms with E-state index in [9.17, 15) is 4.79 Å². The van der Waals surface area contributed by atoms with E-state index in [4.69, 9.17) is 11.5 Å². The van der Waals surface area contributed by atoms with Crippen molar-refractivity contribution in [1.82, 2.24) is 0 Å². The second-order valence-corrected chi connectivity index (χ2v) is 3.89. The first-order chi connectivity index (χ1) is 7.00.